The highest BCUT2D eigenvalue weighted by molar-refractivity contribution is 5.72. The van der Waals surface area contributed by atoms with Gasteiger partial charge in [0.05, 0.1) is 47.3 Å². The summed E-state index contributed by atoms with van der Waals surface area (Å²) < 4.78 is 13.8. The monoisotopic (exact) mass is 362 g/mol. The molecular weight excluding hydrogens is 336 g/mol. The lowest BCUT2D eigenvalue weighted by Gasteiger charge is -2.25. The van der Waals surface area contributed by atoms with Gasteiger partial charge in [0, 0.05) is 26.2 Å². The molecule has 25 heavy (non-hydrogen) atoms. The minimum absolute atomic E-state index is 0.0293. The fourth-order valence-electron chi connectivity index (χ4n) is 1.92. The van der Waals surface area contributed by atoms with Gasteiger partial charge in [-0.25, -0.2) is 0 Å². The summed E-state index contributed by atoms with van der Waals surface area (Å²) in [4.78, 5) is 48.2. The predicted molar refractivity (Wildman–Crippen MR) is 85.8 cm³/mol. The predicted octanol–water partition coefficient (Wildman–Crippen LogP) is -1.03. The molecule has 0 fully saturated rings. The number of carbonyl (C=O) groups excluding carboxylic acids is 3. The maximum absolute atomic E-state index is 11.5. The standard InChI is InChI=1S/C15H26N2O8/c1-23-13(20)5-7-17(11-15(22)25-3)9-8-16(6-4-12(18)19)10-14(21)24-2/h4-11H2,1-3H3,(H,18,19). The van der Waals surface area contributed by atoms with Crippen LogP contribution in [-0.2, 0) is 33.4 Å². The summed E-state index contributed by atoms with van der Waals surface area (Å²) in [5.74, 6) is -2.34. The van der Waals surface area contributed by atoms with E-state index >= 15 is 0 Å². The minimum atomic E-state index is -0.980. The molecule has 0 aromatic rings. The molecule has 0 atom stereocenters. The Hall–Kier alpha value is -2.20. The zero-order valence-electron chi connectivity index (χ0n) is 14.9. The number of hydrogen-bond donors (Lipinski definition) is 1. The van der Waals surface area contributed by atoms with Gasteiger partial charge in [-0.1, -0.05) is 0 Å². The maximum atomic E-state index is 11.5. The van der Waals surface area contributed by atoms with Crippen molar-refractivity contribution in [2.24, 2.45) is 0 Å². The molecule has 0 aliphatic carbocycles. The molecule has 0 heterocycles. The molecular formula is C15H26N2O8. The lowest BCUT2D eigenvalue weighted by atomic mass is 10.3. The zero-order valence-corrected chi connectivity index (χ0v) is 14.9. The number of carboxylic acids is 1. The number of nitrogens with zero attached hydrogens (tertiary/aromatic N) is 2. The van der Waals surface area contributed by atoms with E-state index in [1.165, 1.54) is 21.3 Å². The van der Waals surface area contributed by atoms with E-state index in [0.29, 0.717) is 13.1 Å². The molecule has 0 aliphatic heterocycles. The summed E-state index contributed by atoms with van der Waals surface area (Å²) in [7, 11) is 3.78. The van der Waals surface area contributed by atoms with Crippen molar-refractivity contribution < 1.29 is 38.5 Å². The lowest BCUT2D eigenvalue weighted by Crippen LogP contribution is -2.41. The molecule has 0 saturated carbocycles. The molecule has 1 N–H and O–H groups in total. The van der Waals surface area contributed by atoms with Crippen molar-refractivity contribution in [1.29, 1.82) is 0 Å². The van der Waals surface area contributed by atoms with E-state index in [0.717, 1.165) is 0 Å². The van der Waals surface area contributed by atoms with Crippen molar-refractivity contribution in [1.82, 2.24) is 9.80 Å². The third-order valence-electron chi connectivity index (χ3n) is 3.39. The van der Waals surface area contributed by atoms with Crippen LogP contribution in [0.15, 0.2) is 0 Å². The number of aliphatic carboxylic acids is 1. The molecule has 0 radical (unpaired) electrons. The Labute approximate surface area is 146 Å². The van der Waals surface area contributed by atoms with E-state index in [1.54, 1.807) is 9.80 Å². The molecule has 10 heteroatoms. The van der Waals surface area contributed by atoms with E-state index in [9.17, 15) is 19.2 Å². The van der Waals surface area contributed by atoms with E-state index in [1.807, 2.05) is 0 Å². The van der Waals surface area contributed by atoms with Gasteiger partial charge in [0.1, 0.15) is 0 Å². The largest absolute Gasteiger partial charge is 0.481 e. The SMILES string of the molecule is COC(=O)CCN(CCN(CCC(=O)O)CC(=O)OC)CC(=O)OC. The molecule has 0 amide bonds. The van der Waals surface area contributed by atoms with Gasteiger partial charge in [-0.3, -0.25) is 29.0 Å². The van der Waals surface area contributed by atoms with Gasteiger partial charge in [0.25, 0.3) is 0 Å². The fraction of sp³-hybridized carbons (Fsp3) is 0.733. The van der Waals surface area contributed by atoms with Gasteiger partial charge in [0.2, 0.25) is 0 Å². The van der Waals surface area contributed by atoms with Gasteiger partial charge in [0.15, 0.2) is 0 Å². The molecule has 0 spiro atoms. The number of carbonyl (C=O) groups is 4. The fourth-order valence-corrected chi connectivity index (χ4v) is 1.92. The first-order valence-corrected chi connectivity index (χ1v) is 7.69. The maximum Gasteiger partial charge on any atom is 0.319 e. The molecule has 0 rings (SSSR count). The van der Waals surface area contributed by atoms with Crippen LogP contribution in [0.25, 0.3) is 0 Å². The van der Waals surface area contributed by atoms with Crippen LogP contribution in [0.3, 0.4) is 0 Å². The van der Waals surface area contributed by atoms with Crippen LogP contribution in [0, 0.1) is 0 Å². The van der Waals surface area contributed by atoms with Crippen LogP contribution in [0.2, 0.25) is 0 Å². The van der Waals surface area contributed by atoms with Crippen LogP contribution < -0.4 is 0 Å². The first-order chi connectivity index (χ1) is 11.8. The Bertz CT molecular complexity index is 455. The third-order valence-corrected chi connectivity index (χ3v) is 3.39. The van der Waals surface area contributed by atoms with Gasteiger partial charge in [-0.05, 0) is 0 Å². The lowest BCUT2D eigenvalue weighted by molar-refractivity contribution is -0.145. The van der Waals surface area contributed by atoms with Crippen LogP contribution in [-0.4, -0.2) is 99.4 Å². The highest BCUT2D eigenvalue weighted by atomic mass is 16.5. The van der Waals surface area contributed by atoms with Crippen LogP contribution in [0.1, 0.15) is 12.8 Å². The molecule has 0 aromatic heterocycles. The Kier molecular flexibility index (Phi) is 12.0. The van der Waals surface area contributed by atoms with Crippen molar-refractivity contribution in [3.63, 3.8) is 0 Å². The first kappa shape index (κ1) is 22.8. The Morgan fingerprint density at radius 2 is 1.08 bits per heavy atom. The second-order valence-electron chi connectivity index (χ2n) is 5.17. The summed E-state index contributed by atoms with van der Waals surface area (Å²) >= 11 is 0. The molecule has 10 nitrogen and oxygen atoms in total. The first-order valence-electron chi connectivity index (χ1n) is 7.69. The molecule has 0 unspecified atom stereocenters. The topological polar surface area (TPSA) is 123 Å². The summed E-state index contributed by atoms with van der Waals surface area (Å²) in [6, 6.07) is 0. The average Bonchev–Trinajstić information content (AvgIpc) is 2.60. The van der Waals surface area contributed by atoms with Crippen molar-refractivity contribution >= 4 is 23.9 Å². The van der Waals surface area contributed by atoms with E-state index in [-0.39, 0.29) is 39.0 Å². The molecule has 0 aliphatic rings. The normalized spacial score (nSPS) is 10.6. The minimum Gasteiger partial charge on any atom is -0.481 e. The number of ether oxygens (including phenoxy) is 3. The van der Waals surface area contributed by atoms with Crippen LogP contribution in [0.4, 0.5) is 0 Å². The summed E-state index contributed by atoms with van der Waals surface area (Å²) in [6.07, 6.45) is -0.0320. The smallest absolute Gasteiger partial charge is 0.319 e. The van der Waals surface area contributed by atoms with Gasteiger partial charge in [-0.15, -0.1) is 0 Å². The summed E-state index contributed by atoms with van der Waals surface area (Å²) in [5.41, 5.74) is 0. The number of rotatable bonds is 13. The van der Waals surface area contributed by atoms with Gasteiger partial charge < -0.3 is 19.3 Å². The third kappa shape index (κ3) is 11.9. The number of hydrogen-bond acceptors (Lipinski definition) is 9. The quantitative estimate of drug-likeness (QED) is 0.321. The van der Waals surface area contributed by atoms with Gasteiger partial charge >= 0.3 is 23.9 Å². The van der Waals surface area contributed by atoms with E-state index in [2.05, 4.69) is 14.2 Å². The number of carboxylic acid groups (broad SMARTS) is 1. The van der Waals surface area contributed by atoms with Gasteiger partial charge in [-0.2, -0.15) is 0 Å². The highest BCUT2D eigenvalue weighted by Crippen LogP contribution is 1.99. The molecule has 0 aromatic carbocycles. The number of methoxy groups -OCH3 is 3. The molecule has 0 bridgehead atoms. The van der Waals surface area contributed by atoms with Crippen LogP contribution >= 0.6 is 0 Å². The Morgan fingerprint density at radius 3 is 1.44 bits per heavy atom. The molecule has 0 saturated heterocycles. The Morgan fingerprint density at radius 1 is 0.680 bits per heavy atom. The van der Waals surface area contributed by atoms with Crippen molar-refractivity contribution in [3.05, 3.63) is 0 Å². The molecule has 144 valence electrons. The van der Waals surface area contributed by atoms with Crippen molar-refractivity contribution in [2.75, 3.05) is 60.6 Å². The van der Waals surface area contributed by atoms with Crippen molar-refractivity contribution in [2.45, 2.75) is 12.8 Å². The van der Waals surface area contributed by atoms with E-state index < -0.39 is 23.9 Å². The Balaban J connectivity index is 4.70. The van der Waals surface area contributed by atoms with Crippen LogP contribution in [0.5, 0.6) is 0 Å². The van der Waals surface area contributed by atoms with E-state index in [4.69, 9.17) is 5.11 Å². The van der Waals surface area contributed by atoms with Crippen molar-refractivity contribution in [3.8, 4) is 0 Å². The number of esters is 3. The summed E-state index contributed by atoms with van der Waals surface area (Å²) in [5, 5.41) is 8.79. The summed E-state index contributed by atoms with van der Waals surface area (Å²) in [6.45, 7) is 0.995. The second kappa shape index (κ2) is 13.1. The average molecular weight is 362 g/mol. The zero-order chi connectivity index (χ0) is 19.2. The second-order valence-corrected chi connectivity index (χ2v) is 5.17. The highest BCUT2D eigenvalue weighted by Gasteiger charge is 2.17.